The molecular weight excluding hydrogens is 536 g/mol. The standard InChI is InChI=1S/C22H40N2.C18H28N2/c1-5-7-9-11-13-19(3)23-21-15-17-22(18-16-21)24-20(4)14-12-10-8-6-2;1-3-7-15(8-4-1)19-17-11-13-18(14-12-17)20-16-9-5-2-6-10-16/h15-20,23-24H,5-14H2,1-4H3;11-16,19-20H,1-10H2. The fraction of sp³-hybridized carbons (Fsp3) is 0.700. The van der Waals surface area contributed by atoms with Crippen LogP contribution in [-0.4, -0.2) is 24.2 Å². The third-order valence-corrected chi connectivity index (χ3v) is 9.53. The lowest BCUT2D eigenvalue weighted by Gasteiger charge is -2.25. The first-order valence-corrected chi connectivity index (χ1v) is 18.8. The maximum absolute atomic E-state index is 3.68. The monoisotopic (exact) mass is 605 g/mol. The lowest BCUT2D eigenvalue weighted by molar-refractivity contribution is 0.462. The van der Waals surface area contributed by atoms with E-state index in [1.807, 2.05) is 0 Å². The van der Waals surface area contributed by atoms with Crippen molar-refractivity contribution in [1.82, 2.24) is 0 Å². The predicted octanol–water partition coefficient (Wildman–Crippen LogP) is 12.4. The van der Waals surface area contributed by atoms with Crippen molar-refractivity contribution in [2.45, 2.75) is 180 Å². The van der Waals surface area contributed by atoms with Gasteiger partial charge in [-0.2, -0.15) is 0 Å². The van der Waals surface area contributed by atoms with Crippen LogP contribution >= 0.6 is 0 Å². The first-order chi connectivity index (χ1) is 21.6. The van der Waals surface area contributed by atoms with Crippen LogP contribution in [0.5, 0.6) is 0 Å². The van der Waals surface area contributed by atoms with E-state index < -0.39 is 0 Å². The van der Waals surface area contributed by atoms with Crippen LogP contribution in [0.15, 0.2) is 48.5 Å². The second kappa shape index (κ2) is 22.2. The zero-order valence-corrected chi connectivity index (χ0v) is 29.1. The molecule has 0 heterocycles. The number of hydrogen-bond acceptors (Lipinski definition) is 4. The summed E-state index contributed by atoms with van der Waals surface area (Å²) in [6.45, 7) is 9.11. The van der Waals surface area contributed by atoms with Gasteiger partial charge in [0.15, 0.2) is 0 Å². The number of unbranched alkanes of at least 4 members (excludes halogenated alkanes) is 6. The average Bonchev–Trinajstić information content (AvgIpc) is 3.05. The topological polar surface area (TPSA) is 48.1 Å². The van der Waals surface area contributed by atoms with Crippen LogP contribution in [-0.2, 0) is 0 Å². The van der Waals surface area contributed by atoms with Gasteiger partial charge in [0.1, 0.15) is 0 Å². The van der Waals surface area contributed by atoms with Gasteiger partial charge in [0.05, 0.1) is 0 Å². The molecule has 4 N–H and O–H groups in total. The van der Waals surface area contributed by atoms with Crippen LogP contribution in [0.3, 0.4) is 0 Å². The van der Waals surface area contributed by atoms with Crippen molar-refractivity contribution in [1.29, 1.82) is 0 Å². The van der Waals surface area contributed by atoms with Crippen molar-refractivity contribution in [2.75, 3.05) is 21.3 Å². The molecule has 0 aliphatic heterocycles. The summed E-state index contributed by atoms with van der Waals surface area (Å²) in [6.07, 6.45) is 27.0. The summed E-state index contributed by atoms with van der Waals surface area (Å²) in [5, 5.41) is 14.6. The number of benzene rings is 2. The Labute approximate surface area is 272 Å². The fourth-order valence-corrected chi connectivity index (χ4v) is 6.76. The minimum atomic E-state index is 0.554. The van der Waals surface area contributed by atoms with Gasteiger partial charge >= 0.3 is 0 Å². The molecule has 4 rings (SSSR count). The molecule has 2 saturated carbocycles. The highest BCUT2D eigenvalue weighted by Crippen LogP contribution is 2.25. The molecule has 0 spiro atoms. The maximum atomic E-state index is 3.68. The van der Waals surface area contributed by atoms with Crippen LogP contribution in [0.25, 0.3) is 0 Å². The smallest absolute Gasteiger partial charge is 0.0343 e. The number of anilines is 4. The lowest BCUT2D eigenvalue weighted by atomic mass is 9.95. The van der Waals surface area contributed by atoms with Gasteiger partial charge in [-0.15, -0.1) is 0 Å². The molecule has 2 unspecified atom stereocenters. The van der Waals surface area contributed by atoms with E-state index in [9.17, 15) is 0 Å². The second-order valence-corrected chi connectivity index (χ2v) is 13.9. The van der Waals surface area contributed by atoms with E-state index in [0.717, 1.165) is 0 Å². The Morgan fingerprint density at radius 2 is 0.818 bits per heavy atom. The number of nitrogens with one attached hydrogen (secondary N) is 4. The average molecular weight is 605 g/mol. The van der Waals surface area contributed by atoms with E-state index in [2.05, 4.69) is 97.5 Å². The first kappa shape index (κ1) is 36.1. The minimum absolute atomic E-state index is 0.554. The third-order valence-electron chi connectivity index (χ3n) is 9.53. The van der Waals surface area contributed by atoms with Crippen molar-refractivity contribution in [3.63, 3.8) is 0 Å². The Hall–Kier alpha value is -2.36. The van der Waals surface area contributed by atoms with Crippen LogP contribution in [0.2, 0.25) is 0 Å². The summed E-state index contributed by atoms with van der Waals surface area (Å²) in [4.78, 5) is 0. The largest absolute Gasteiger partial charge is 0.383 e. The fourth-order valence-electron chi connectivity index (χ4n) is 6.76. The second-order valence-electron chi connectivity index (χ2n) is 13.9. The van der Waals surface area contributed by atoms with E-state index in [0.29, 0.717) is 24.2 Å². The van der Waals surface area contributed by atoms with Gasteiger partial charge in [-0.3, -0.25) is 0 Å². The molecule has 2 atom stereocenters. The maximum Gasteiger partial charge on any atom is 0.0343 e. The van der Waals surface area contributed by atoms with E-state index in [1.54, 1.807) is 0 Å². The summed E-state index contributed by atoms with van der Waals surface area (Å²) >= 11 is 0. The van der Waals surface area contributed by atoms with Crippen molar-refractivity contribution < 1.29 is 0 Å². The van der Waals surface area contributed by atoms with E-state index in [1.165, 1.54) is 151 Å². The molecule has 248 valence electrons. The Balaban J connectivity index is 0.000000243. The Bertz CT molecular complexity index is 866. The molecule has 0 aromatic heterocycles. The van der Waals surface area contributed by atoms with Gasteiger partial charge in [0, 0.05) is 46.9 Å². The normalized spacial score (nSPS) is 17.2. The van der Waals surface area contributed by atoms with Crippen molar-refractivity contribution >= 4 is 22.7 Å². The summed E-state index contributed by atoms with van der Waals surface area (Å²) < 4.78 is 0. The molecule has 0 amide bonds. The Morgan fingerprint density at radius 3 is 1.16 bits per heavy atom. The summed E-state index contributed by atoms with van der Waals surface area (Å²) in [7, 11) is 0. The van der Waals surface area contributed by atoms with E-state index >= 15 is 0 Å². The SMILES string of the molecule is CCCCCCC(C)Nc1ccc(NC(C)CCCCCC)cc1.c1cc(NC2CCCCC2)ccc1NC1CCCCC1. The van der Waals surface area contributed by atoms with Crippen molar-refractivity contribution in [2.24, 2.45) is 0 Å². The van der Waals surface area contributed by atoms with E-state index in [-0.39, 0.29) is 0 Å². The molecule has 2 aromatic carbocycles. The molecule has 0 saturated heterocycles. The molecule has 44 heavy (non-hydrogen) atoms. The van der Waals surface area contributed by atoms with Crippen LogP contribution in [0.1, 0.15) is 156 Å². The molecular formula is C40H68N4. The number of hydrogen-bond donors (Lipinski definition) is 4. The van der Waals surface area contributed by atoms with Crippen LogP contribution < -0.4 is 21.3 Å². The Morgan fingerprint density at radius 1 is 0.477 bits per heavy atom. The van der Waals surface area contributed by atoms with Crippen molar-refractivity contribution in [3.8, 4) is 0 Å². The summed E-state index contributed by atoms with van der Waals surface area (Å²) in [5.74, 6) is 0. The summed E-state index contributed by atoms with van der Waals surface area (Å²) in [5.41, 5.74) is 5.04. The van der Waals surface area contributed by atoms with Gasteiger partial charge < -0.3 is 21.3 Å². The molecule has 2 aliphatic rings. The molecule has 4 heteroatoms. The number of rotatable bonds is 18. The minimum Gasteiger partial charge on any atom is -0.383 e. The van der Waals surface area contributed by atoms with Gasteiger partial charge in [-0.1, -0.05) is 104 Å². The zero-order chi connectivity index (χ0) is 31.2. The predicted molar refractivity (Wildman–Crippen MR) is 198 cm³/mol. The Kier molecular flexibility index (Phi) is 18.2. The van der Waals surface area contributed by atoms with Gasteiger partial charge in [-0.05, 0) is 101 Å². The lowest BCUT2D eigenvalue weighted by Crippen LogP contribution is -2.23. The van der Waals surface area contributed by atoms with Gasteiger partial charge in [-0.25, -0.2) is 0 Å². The quantitative estimate of drug-likeness (QED) is 0.128. The molecule has 2 fully saturated rings. The molecule has 2 aliphatic carbocycles. The molecule has 2 aromatic rings. The first-order valence-electron chi connectivity index (χ1n) is 18.8. The van der Waals surface area contributed by atoms with Gasteiger partial charge in [0.2, 0.25) is 0 Å². The molecule has 0 radical (unpaired) electrons. The highest BCUT2D eigenvalue weighted by Gasteiger charge is 2.14. The van der Waals surface area contributed by atoms with Crippen molar-refractivity contribution in [3.05, 3.63) is 48.5 Å². The zero-order valence-electron chi connectivity index (χ0n) is 29.1. The molecule has 0 bridgehead atoms. The highest BCUT2D eigenvalue weighted by atomic mass is 14.9. The van der Waals surface area contributed by atoms with Crippen LogP contribution in [0, 0.1) is 0 Å². The highest BCUT2D eigenvalue weighted by molar-refractivity contribution is 5.55. The van der Waals surface area contributed by atoms with Crippen LogP contribution in [0.4, 0.5) is 22.7 Å². The van der Waals surface area contributed by atoms with E-state index in [4.69, 9.17) is 0 Å². The molecule has 4 nitrogen and oxygen atoms in total. The summed E-state index contributed by atoms with van der Waals surface area (Å²) in [6, 6.07) is 20.3. The third kappa shape index (κ3) is 15.6. The van der Waals surface area contributed by atoms with Gasteiger partial charge in [0.25, 0.3) is 0 Å².